The molecule has 1 heterocycles. The normalized spacial score (nSPS) is 10.9. The maximum Gasteiger partial charge on any atom is 0.330 e. The minimum atomic E-state index is -0.787. The van der Waals surface area contributed by atoms with Gasteiger partial charge in [-0.25, -0.2) is 4.79 Å². The maximum atomic E-state index is 12.5. The van der Waals surface area contributed by atoms with Crippen LogP contribution >= 0.6 is 0 Å². The van der Waals surface area contributed by atoms with Crippen molar-refractivity contribution in [2.75, 3.05) is 17.7 Å². The number of benzene rings is 1. The van der Waals surface area contributed by atoms with Crippen LogP contribution < -0.4 is 21.9 Å². The molecule has 10 heteroatoms. The Labute approximate surface area is 160 Å². The third-order valence-corrected chi connectivity index (χ3v) is 4.15. The van der Waals surface area contributed by atoms with Gasteiger partial charge >= 0.3 is 5.69 Å². The van der Waals surface area contributed by atoms with Crippen molar-refractivity contribution in [3.8, 4) is 0 Å². The number of carbonyl (C=O) groups is 1. The van der Waals surface area contributed by atoms with Gasteiger partial charge in [0.1, 0.15) is 5.82 Å². The topological polar surface area (TPSA) is 144 Å². The summed E-state index contributed by atoms with van der Waals surface area (Å²) in [5.74, 6) is -0.742. The lowest BCUT2D eigenvalue weighted by molar-refractivity contribution is -0.385. The van der Waals surface area contributed by atoms with Crippen LogP contribution in [0.4, 0.5) is 17.2 Å². The van der Waals surface area contributed by atoms with E-state index >= 15 is 0 Å². The number of nitrogens with two attached hydrogens (primary N) is 1. The van der Waals surface area contributed by atoms with Crippen molar-refractivity contribution in [3.63, 3.8) is 0 Å². The molecular formula is C18H21N5O5. The molecule has 0 fully saturated rings. The van der Waals surface area contributed by atoms with Gasteiger partial charge in [0.2, 0.25) is 0 Å². The van der Waals surface area contributed by atoms with Crippen molar-refractivity contribution in [2.45, 2.75) is 26.3 Å². The first-order valence-corrected chi connectivity index (χ1v) is 8.59. The lowest BCUT2D eigenvalue weighted by Gasteiger charge is -2.19. The quantitative estimate of drug-likeness (QED) is 0.418. The van der Waals surface area contributed by atoms with E-state index in [1.165, 1.54) is 35.9 Å². The molecule has 0 aliphatic carbocycles. The first-order chi connectivity index (χ1) is 13.3. The third-order valence-electron chi connectivity index (χ3n) is 4.15. The average Bonchev–Trinajstić information content (AvgIpc) is 2.65. The minimum Gasteiger partial charge on any atom is -0.383 e. The third kappa shape index (κ3) is 4.34. The predicted molar refractivity (Wildman–Crippen MR) is 106 cm³/mol. The first kappa shape index (κ1) is 20.6. The standard InChI is InChI=1S/C18H21N5O5/c1-3-4-11-22-16(19)15(17(25)20-18(22)26)21(2)14(24)10-9-12-7-5-6-8-13(12)23(27)28/h5-10H,3-4,11,19H2,1-2H3,(H,20,25,26)/b10-9-. The first-order valence-electron chi connectivity index (χ1n) is 8.59. The number of hydrogen-bond acceptors (Lipinski definition) is 6. The summed E-state index contributed by atoms with van der Waals surface area (Å²) in [6.07, 6.45) is 3.87. The number of unbranched alkanes of at least 4 members (excludes halogenated alkanes) is 1. The van der Waals surface area contributed by atoms with Crippen molar-refractivity contribution in [1.29, 1.82) is 0 Å². The van der Waals surface area contributed by atoms with E-state index in [0.29, 0.717) is 13.0 Å². The van der Waals surface area contributed by atoms with Gasteiger partial charge in [0, 0.05) is 25.7 Å². The summed E-state index contributed by atoms with van der Waals surface area (Å²) in [7, 11) is 1.33. The SMILES string of the molecule is CCCCn1c(N)c(N(C)C(=O)/C=C\c2ccccc2[N+](=O)[O-])c(=O)[nH]c1=O. The number of nitrogens with one attached hydrogen (secondary N) is 1. The van der Waals surface area contributed by atoms with Gasteiger partial charge in [0.25, 0.3) is 17.2 Å². The number of aromatic nitrogens is 2. The second-order valence-corrected chi connectivity index (χ2v) is 6.04. The predicted octanol–water partition coefficient (Wildman–Crippen LogP) is 1.50. The van der Waals surface area contributed by atoms with E-state index in [0.717, 1.165) is 17.4 Å². The number of anilines is 2. The number of aromatic amines is 1. The molecule has 0 radical (unpaired) electrons. The molecule has 0 aliphatic heterocycles. The van der Waals surface area contributed by atoms with Crippen LogP contribution in [0.2, 0.25) is 0 Å². The van der Waals surface area contributed by atoms with Gasteiger partial charge in [0.05, 0.1) is 10.5 Å². The van der Waals surface area contributed by atoms with Crippen LogP contribution in [0.3, 0.4) is 0 Å². The number of H-pyrrole nitrogens is 1. The fourth-order valence-electron chi connectivity index (χ4n) is 2.62. The number of carbonyl (C=O) groups excluding carboxylic acids is 1. The smallest absolute Gasteiger partial charge is 0.330 e. The Kier molecular flexibility index (Phi) is 6.48. The van der Waals surface area contributed by atoms with Gasteiger partial charge in [-0.3, -0.25) is 29.3 Å². The average molecular weight is 387 g/mol. The maximum absolute atomic E-state index is 12.5. The molecular weight excluding hydrogens is 366 g/mol. The van der Waals surface area contributed by atoms with Gasteiger partial charge in [0.15, 0.2) is 5.69 Å². The van der Waals surface area contributed by atoms with E-state index in [-0.39, 0.29) is 22.8 Å². The molecule has 3 N–H and O–H groups in total. The van der Waals surface area contributed by atoms with E-state index < -0.39 is 22.1 Å². The lowest BCUT2D eigenvalue weighted by atomic mass is 10.1. The number of nitrogen functional groups attached to an aromatic ring is 1. The molecule has 0 saturated carbocycles. The summed E-state index contributed by atoms with van der Waals surface area (Å²) >= 11 is 0. The lowest BCUT2D eigenvalue weighted by Crippen LogP contribution is -2.38. The van der Waals surface area contributed by atoms with Crippen molar-refractivity contribution in [3.05, 3.63) is 66.9 Å². The summed E-state index contributed by atoms with van der Waals surface area (Å²) in [4.78, 5) is 50.3. The molecule has 1 aromatic heterocycles. The Bertz CT molecular complexity index is 1040. The minimum absolute atomic E-state index is 0.114. The largest absolute Gasteiger partial charge is 0.383 e. The molecule has 0 unspecified atom stereocenters. The second kappa shape index (κ2) is 8.80. The zero-order chi connectivity index (χ0) is 20.8. The number of likely N-dealkylation sites (N-methyl/N-ethyl adjacent to an activating group) is 1. The van der Waals surface area contributed by atoms with E-state index in [4.69, 9.17) is 5.73 Å². The number of nitrogens with zero attached hydrogens (tertiary/aromatic N) is 3. The van der Waals surface area contributed by atoms with Crippen molar-refractivity contribution >= 4 is 29.2 Å². The highest BCUT2D eigenvalue weighted by Gasteiger charge is 2.19. The summed E-state index contributed by atoms with van der Waals surface area (Å²) in [6, 6.07) is 5.94. The van der Waals surface area contributed by atoms with Crippen LogP contribution in [-0.4, -0.2) is 27.4 Å². The van der Waals surface area contributed by atoms with E-state index in [2.05, 4.69) is 4.98 Å². The van der Waals surface area contributed by atoms with Crippen molar-refractivity contribution in [2.24, 2.45) is 0 Å². The summed E-state index contributed by atoms with van der Waals surface area (Å²) in [6.45, 7) is 2.25. The zero-order valence-electron chi connectivity index (χ0n) is 15.5. The van der Waals surface area contributed by atoms with Crippen LogP contribution in [-0.2, 0) is 11.3 Å². The van der Waals surface area contributed by atoms with Gasteiger partial charge in [-0.2, -0.15) is 0 Å². The number of nitro groups is 1. The Morgan fingerprint density at radius 3 is 2.68 bits per heavy atom. The van der Waals surface area contributed by atoms with Crippen molar-refractivity contribution < 1.29 is 9.72 Å². The molecule has 28 heavy (non-hydrogen) atoms. The van der Waals surface area contributed by atoms with Gasteiger partial charge < -0.3 is 10.6 Å². The Hall–Kier alpha value is -3.69. The number of para-hydroxylation sites is 1. The summed E-state index contributed by atoms with van der Waals surface area (Å²) in [5, 5.41) is 11.0. The molecule has 2 aromatic rings. The Balaban J connectivity index is 2.37. The number of amides is 1. The fourth-order valence-corrected chi connectivity index (χ4v) is 2.62. The highest BCUT2D eigenvalue weighted by molar-refractivity contribution is 6.04. The zero-order valence-corrected chi connectivity index (χ0v) is 15.5. The monoisotopic (exact) mass is 387 g/mol. The van der Waals surface area contributed by atoms with Crippen LogP contribution in [0.15, 0.2) is 39.9 Å². The highest BCUT2D eigenvalue weighted by atomic mass is 16.6. The molecule has 1 aromatic carbocycles. The van der Waals surface area contributed by atoms with Crippen LogP contribution in [0.25, 0.3) is 6.08 Å². The summed E-state index contributed by atoms with van der Waals surface area (Å²) in [5.41, 5.74) is 4.47. The van der Waals surface area contributed by atoms with Crippen LogP contribution in [0.1, 0.15) is 25.3 Å². The van der Waals surface area contributed by atoms with Crippen LogP contribution in [0, 0.1) is 10.1 Å². The van der Waals surface area contributed by atoms with Gasteiger partial charge in [-0.15, -0.1) is 0 Å². The molecule has 0 aliphatic rings. The summed E-state index contributed by atoms with van der Waals surface area (Å²) < 4.78 is 1.20. The molecule has 0 atom stereocenters. The molecule has 1 amide bonds. The van der Waals surface area contributed by atoms with Gasteiger partial charge in [-0.05, 0) is 18.6 Å². The highest BCUT2D eigenvalue weighted by Crippen LogP contribution is 2.20. The van der Waals surface area contributed by atoms with E-state index in [9.17, 15) is 24.5 Å². The van der Waals surface area contributed by atoms with E-state index in [1.54, 1.807) is 6.07 Å². The molecule has 0 bridgehead atoms. The molecule has 148 valence electrons. The van der Waals surface area contributed by atoms with Crippen LogP contribution in [0.5, 0.6) is 0 Å². The van der Waals surface area contributed by atoms with E-state index in [1.807, 2.05) is 6.92 Å². The fraction of sp³-hybridized carbons (Fsp3) is 0.278. The number of nitro benzene ring substituents is 1. The second-order valence-electron chi connectivity index (χ2n) is 6.04. The van der Waals surface area contributed by atoms with Crippen molar-refractivity contribution in [1.82, 2.24) is 9.55 Å². The molecule has 2 rings (SSSR count). The molecule has 10 nitrogen and oxygen atoms in total. The molecule has 0 spiro atoms. The Morgan fingerprint density at radius 2 is 2.04 bits per heavy atom. The molecule has 0 saturated heterocycles. The van der Waals surface area contributed by atoms with Gasteiger partial charge in [-0.1, -0.05) is 25.5 Å². The number of rotatable bonds is 7. The number of hydrogen-bond donors (Lipinski definition) is 2. The Morgan fingerprint density at radius 1 is 1.36 bits per heavy atom.